The van der Waals surface area contributed by atoms with Crippen LogP contribution in [0, 0.1) is 0 Å². The van der Waals surface area contributed by atoms with Gasteiger partial charge in [0.15, 0.2) is 0 Å². The third-order valence-electron chi connectivity index (χ3n) is 3.19. The van der Waals surface area contributed by atoms with E-state index in [4.69, 9.17) is 11.6 Å². The van der Waals surface area contributed by atoms with Crippen LogP contribution in [0.5, 0.6) is 0 Å². The lowest BCUT2D eigenvalue weighted by Gasteiger charge is -2.12. The lowest BCUT2D eigenvalue weighted by molar-refractivity contribution is 0.0947. The summed E-state index contributed by atoms with van der Waals surface area (Å²) in [5, 5.41) is 3.38. The lowest BCUT2D eigenvalue weighted by atomic mass is 9.98. The molecule has 1 aromatic carbocycles. The molecule has 0 saturated heterocycles. The Hall–Kier alpha value is -1.87. The number of aromatic nitrogens is 1. The molecule has 0 aliphatic heterocycles. The molecule has 1 N–H and O–H groups in total. The van der Waals surface area contributed by atoms with E-state index >= 15 is 0 Å². The average molecular weight is 289 g/mol. The van der Waals surface area contributed by atoms with Gasteiger partial charge in [-0.05, 0) is 30.0 Å². The minimum absolute atomic E-state index is 0.187. The topological polar surface area (TPSA) is 42.0 Å². The highest BCUT2D eigenvalue weighted by Crippen LogP contribution is 2.17. The van der Waals surface area contributed by atoms with Crippen molar-refractivity contribution in [3.05, 3.63) is 64.9 Å². The molecule has 1 aromatic heterocycles. The maximum absolute atomic E-state index is 11.9. The van der Waals surface area contributed by atoms with Gasteiger partial charge in [0.2, 0.25) is 0 Å². The standard InChI is InChI=1S/C16H17ClN2O/c1-12(13-5-3-2-4-6-13)7-9-19-16(20)15-11-14(17)8-10-18-15/h2-6,8,10-12H,7,9H2,1H3,(H,19,20). The Morgan fingerprint density at radius 2 is 2.05 bits per heavy atom. The van der Waals surface area contributed by atoms with Crippen LogP contribution in [0.4, 0.5) is 0 Å². The lowest BCUT2D eigenvalue weighted by Crippen LogP contribution is -2.26. The van der Waals surface area contributed by atoms with Crippen molar-refractivity contribution >= 4 is 17.5 Å². The molecule has 0 aliphatic rings. The van der Waals surface area contributed by atoms with Gasteiger partial charge < -0.3 is 5.32 Å². The molecule has 1 amide bonds. The number of benzene rings is 1. The Morgan fingerprint density at radius 3 is 2.75 bits per heavy atom. The predicted molar refractivity (Wildman–Crippen MR) is 81.1 cm³/mol. The van der Waals surface area contributed by atoms with Gasteiger partial charge in [-0.15, -0.1) is 0 Å². The summed E-state index contributed by atoms with van der Waals surface area (Å²) in [6.07, 6.45) is 2.42. The van der Waals surface area contributed by atoms with Crippen LogP contribution in [-0.4, -0.2) is 17.4 Å². The van der Waals surface area contributed by atoms with E-state index in [0.29, 0.717) is 23.2 Å². The van der Waals surface area contributed by atoms with Crippen LogP contribution in [0.3, 0.4) is 0 Å². The number of nitrogens with zero attached hydrogens (tertiary/aromatic N) is 1. The average Bonchev–Trinajstić information content (AvgIpc) is 2.48. The summed E-state index contributed by atoms with van der Waals surface area (Å²) >= 11 is 5.83. The van der Waals surface area contributed by atoms with Crippen LogP contribution < -0.4 is 5.32 Å². The zero-order valence-electron chi connectivity index (χ0n) is 11.3. The van der Waals surface area contributed by atoms with Gasteiger partial charge in [-0.2, -0.15) is 0 Å². The molecule has 0 saturated carbocycles. The molecule has 2 aromatic rings. The summed E-state index contributed by atoms with van der Waals surface area (Å²) in [7, 11) is 0. The number of amides is 1. The van der Waals surface area contributed by atoms with Gasteiger partial charge in [-0.1, -0.05) is 48.9 Å². The second kappa shape index (κ2) is 7.06. The second-order valence-electron chi connectivity index (χ2n) is 4.72. The van der Waals surface area contributed by atoms with Crippen LogP contribution in [0.15, 0.2) is 48.7 Å². The highest BCUT2D eigenvalue weighted by atomic mass is 35.5. The number of halogens is 1. The molecule has 4 heteroatoms. The molecule has 1 atom stereocenters. The van der Waals surface area contributed by atoms with Gasteiger partial charge in [-0.3, -0.25) is 9.78 Å². The van der Waals surface area contributed by atoms with Gasteiger partial charge >= 0.3 is 0 Å². The van der Waals surface area contributed by atoms with E-state index in [1.54, 1.807) is 12.1 Å². The van der Waals surface area contributed by atoms with Gasteiger partial charge in [-0.25, -0.2) is 0 Å². The summed E-state index contributed by atoms with van der Waals surface area (Å²) in [5.74, 6) is 0.219. The molecule has 0 spiro atoms. The van der Waals surface area contributed by atoms with Crippen molar-refractivity contribution in [2.75, 3.05) is 6.54 Å². The number of rotatable bonds is 5. The fraction of sp³-hybridized carbons (Fsp3) is 0.250. The van der Waals surface area contributed by atoms with Crippen molar-refractivity contribution in [1.29, 1.82) is 0 Å². The Kier molecular flexibility index (Phi) is 5.13. The summed E-state index contributed by atoms with van der Waals surface area (Å²) in [5.41, 5.74) is 1.63. The zero-order chi connectivity index (χ0) is 14.4. The number of carbonyl (C=O) groups excluding carboxylic acids is 1. The quantitative estimate of drug-likeness (QED) is 0.912. The van der Waals surface area contributed by atoms with E-state index < -0.39 is 0 Å². The monoisotopic (exact) mass is 288 g/mol. The maximum atomic E-state index is 11.9. The van der Waals surface area contributed by atoms with Crippen LogP contribution >= 0.6 is 11.6 Å². The molecule has 104 valence electrons. The Morgan fingerprint density at radius 1 is 1.30 bits per heavy atom. The Bertz CT molecular complexity index is 572. The van der Waals surface area contributed by atoms with Crippen molar-refractivity contribution in [3.8, 4) is 0 Å². The summed E-state index contributed by atoms with van der Waals surface area (Å²) in [4.78, 5) is 15.9. The van der Waals surface area contributed by atoms with Gasteiger partial charge in [0.25, 0.3) is 5.91 Å². The van der Waals surface area contributed by atoms with Crippen molar-refractivity contribution in [3.63, 3.8) is 0 Å². The highest BCUT2D eigenvalue weighted by Gasteiger charge is 2.09. The van der Waals surface area contributed by atoms with Gasteiger partial charge in [0.05, 0.1) is 0 Å². The molecule has 3 nitrogen and oxygen atoms in total. The maximum Gasteiger partial charge on any atom is 0.269 e. The van der Waals surface area contributed by atoms with Crippen molar-refractivity contribution < 1.29 is 4.79 Å². The fourth-order valence-electron chi connectivity index (χ4n) is 1.97. The van der Waals surface area contributed by atoms with E-state index in [2.05, 4.69) is 29.4 Å². The minimum Gasteiger partial charge on any atom is -0.351 e. The number of hydrogen-bond donors (Lipinski definition) is 1. The first-order valence-electron chi connectivity index (χ1n) is 6.61. The number of hydrogen-bond acceptors (Lipinski definition) is 2. The Labute approximate surface area is 124 Å². The zero-order valence-corrected chi connectivity index (χ0v) is 12.1. The number of pyridine rings is 1. The van der Waals surface area contributed by atoms with Crippen LogP contribution in [0.25, 0.3) is 0 Å². The van der Waals surface area contributed by atoms with E-state index in [0.717, 1.165) is 6.42 Å². The largest absolute Gasteiger partial charge is 0.351 e. The van der Waals surface area contributed by atoms with Crippen LogP contribution in [0.2, 0.25) is 5.02 Å². The fourth-order valence-corrected chi connectivity index (χ4v) is 2.13. The molecule has 0 bridgehead atoms. The molecular formula is C16H17ClN2O. The molecule has 0 fully saturated rings. The van der Waals surface area contributed by atoms with E-state index in [1.807, 2.05) is 18.2 Å². The van der Waals surface area contributed by atoms with Crippen LogP contribution in [-0.2, 0) is 0 Å². The van der Waals surface area contributed by atoms with Gasteiger partial charge in [0, 0.05) is 17.8 Å². The van der Waals surface area contributed by atoms with E-state index in [-0.39, 0.29) is 5.91 Å². The first-order valence-corrected chi connectivity index (χ1v) is 6.99. The second-order valence-corrected chi connectivity index (χ2v) is 5.15. The summed E-state index contributed by atoms with van der Waals surface area (Å²) < 4.78 is 0. The molecule has 1 heterocycles. The van der Waals surface area contributed by atoms with E-state index in [9.17, 15) is 4.79 Å². The third-order valence-corrected chi connectivity index (χ3v) is 3.42. The van der Waals surface area contributed by atoms with Crippen molar-refractivity contribution in [2.45, 2.75) is 19.3 Å². The molecule has 20 heavy (non-hydrogen) atoms. The third kappa shape index (κ3) is 4.07. The molecule has 2 rings (SSSR count). The summed E-state index contributed by atoms with van der Waals surface area (Å²) in [6.45, 7) is 2.77. The first-order chi connectivity index (χ1) is 9.66. The number of carbonyl (C=O) groups is 1. The van der Waals surface area contributed by atoms with Crippen molar-refractivity contribution in [2.24, 2.45) is 0 Å². The van der Waals surface area contributed by atoms with Crippen molar-refractivity contribution in [1.82, 2.24) is 10.3 Å². The van der Waals surface area contributed by atoms with Gasteiger partial charge in [0.1, 0.15) is 5.69 Å². The molecule has 0 aliphatic carbocycles. The molecule has 1 unspecified atom stereocenters. The Balaban J connectivity index is 1.83. The normalized spacial score (nSPS) is 11.9. The predicted octanol–water partition coefficient (Wildman–Crippen LogP) is 3.66. The van der Waals surface area contributed by atoms with Crippen LogP contribution in [0.1, 0.15) is 35.3 Å². The number of nitrogens with one attached hydrogen (secondary N) is 1. The smallest absolute Gasteiger partial charge is 0.269 e. The van der Waals surface area contributed by atoms with E-state index in [1.165, 1.54) is 11.8 Å². The first kappa shape index (κ1) is 14.5. The minimum atomic E-state index is -0.187. The SMILES string of the molecule is CC(CCNC(=O)c1cc(Cl)ccn1)c1ccccc1. The molecular weight excluding hydrogens is 272 g/mol. The highest BCUT2D eigenvalue weighted by molar-refractivity contribution is 6.30. The summed E-state index contributed by atoms with van der Waals surface area (Å²) in [6, 6.07) is 13.5. The molecule has 0 radical (unpaired) electrons.